The summed E-state index contributed by atoms with van der Waals surface area (Å²) in [5.41, 5.74) is 0.250. The van der Waals surface area contributed by atoms with Crippen LogP contribution >= 0.6 is 11.6 Å². The molecule has 1 fully saturated rings. The fraction of sp³-hybridized carbons (Fsp3) is 0.727. The molecule has 16 heavy (non-hydrogen) atoms. The van der Waals surface area contributed by atoms with Crippen LogP contribution in [0.25, 0.3) is 0 Å². The molecule has 0 aliphatic carbocycles. The zero-order valence-electron chi connectivity index (χ0n) is 9.56. The number of hydrogen-bond donors (Lipinski definition) is 2. The second kappa shape index (κ2) is 6.23. The zero-order valence-corrected chi connectivity index (χ0v) is 10.3. The molecule has 0 aromatic carbocycles. The van der Waals surface area contributed by atoms with Crippen molar-refractivity contribution in [1.82, 2.24) is 4.90 Å². The molecule has 1 saturated heterocycles. The number of aliphatic imine (C=N–C) groups is 1. The number of likely N-dealkylation sites (tertiary alicyclic amines) is 1. The molecule has 1 aliphatic heterocycles. The number of halogens is 1. The van der Waals surface area contributed by atoms with E-state index < -0.39 is 6.29 Å². The van der Waals surface area contributed by atoms with Gasteiger partial charge in [0.25, 0.3) is 0 Å². The summed E-state index contributed by atoms with van der Waals surface area (Å²) in [6.45, 7) is 7.00. The summed E-state index contributed by atoms with van der Waals surface area (Å²) in [4.78, 5) is 6.15. The van der Waals surface area contributed by atoms with Gasteiger partial charge < -0.3 is 15.1 Å². The highest BCUT2D eigenvalue weighted by molar-refractivity contribution is 6.21. The van der Waals surface area contributed by atoms with Crippen LogP contribution in [0.1, 0.15) is 26.2 Å². The summed E-state index contributed by atoms with van der Waals surface area (Å²) >= 11 is 6.06. The van der Waals surface area contributed by atoms with E-state index in [1.165, 1.54) is 0 Å². The Labute approximate surface area is 101 Å². The van der Waals surface area contributed by atoms with E-state index in [-0.39, 0.29) is 11.1 Å². The SMILES string of the molecule is C=C(C(O)O)N1C[C@H](Cl)CCC1=NCCC. The van der Waals surface area contributed by atoms with Crippen molar-refractivity contribution in [3.8, 4) is 0 Å². The van der Waals surface area contributed by atoms with Gasteiger partial charge in [-0.1, -0.05) is 13.5 Å². The van der Waals surface area contributed by atoms with Crippen LogP contribution in [-0.4, -0.2) is 45.7 Å². The second-order valence-corrected chi connectivity index (χ2v) is 4.53. The van der Waals surface area contributed by atoms with E-state index in [0.29, 0.717) is 6.54 Å². The largest absolute Gasteiger partial charge is 0.363 e. The molecular formula is C11H19ClN2O2. The first-order valence-electron chi connectivity index (χ1n) is 5.56. The highest BCUT2D eigenvalue weighted by atomic mass is 35.5. The molecule has 5 heteroatoms. The molecule has 1 aliphatic rings. The van der Waals surface area contributed by atoms with Gasteiger partial charge in [-0.15, -0.1) is 11.6 Å². The van der Waals surface area contributed by atoms with Crippen molar-refractivity contribution >= 4 is 17.4 Å². The third-order valence-electron chi connectivity index (χ3n) is 2.54. The number of alkyl halides is 1. The quantitative estimate of drug-likeness (QED) is 0.581. The smallest absolute Gasteiger partial charge is 0.193 e. The minimum absolute atomic E-state index is 0.0103. The Kier molecular flexibility index (Phi) is 5.25. The molecule has 0 spiro atoms. The molecule has 1 heterocycles. The summed E-state index contributed by atoms with van der Waals surface area (Å²) in [6.07, 6.45) is 1.05. The van der Waals surface area contributed by atoms with Gasteiger partial charge in [0, 0.05) is 19.5 Å². The van der Waals surface area contributed by atoms with Crippen molar-refractivity contribution in [3.05, 3.63) is 12.3 Å². The van der Waals surface area contributed by atoms with Crippen molar-refractivity contribution in [3.63, 3.8) is 0 Å². The fourth-order valence-corrected chi connectivity index (χ4v) is 1.89. The highest BCUT2D eigenvalue weighted by Crippen LogP contribution is 2.21. The van der Waals surface area contributed by atoms with Gasteiger partial charge in [-0.3, -0.25) is 4.99 Å². The first-order chi connectivity index (χ1) is 7.56. The molecule has 0 radical (unpaired) electrons. The molecule has 0 bridgehead atoms. The molecule has 0 saturated carbocycles. The summed E-state index contributed by atoms with van der Waals surface area (Å²) in [5.74, 6) is 0.858. The normalized spacial score (nSPS) is 24.2. The number of hydrogen-bond acceptors (Lipinski definition) is 3. The van der Waals surface area contributed by atoms with Gasteiger partial charge in [0.15, 0.2) is 6.29 Å². The number of piperidine rings is 1. The summed E-state index contributed by atoms with van der Waals surface area (Å²) < 4.78 is 0. The maximum Gasteiger partial charge on any atom is 0.193 e. The van der Waals surface area contributed by atoms with E-state index in [1.54, 1.807) is 4.90 Å². The summed E-state index contributed by atoms with van der Waals surface area (Å²) in [6, 6.07) is 0. The van der Waals surface area contributed by atoms with Gasteiger partial charge in [0.05, 0.1) is 11.1 Å². The van der Waals surface area contributed by atoms with Crippen molar-refractivity contribution in [1.29, 1.82) is 0 Å². The molecule has 1 rings (SSSR count). The lowest BCUT2D eigenvalue weighted by atomic mass is 10.1. The standard InChI is InChI=1S/C11H19ClN2O2/c1-3-6-13-10-5-4-9(12)7-14(10)8(2)11(15)16/h9,11,15-16H,2-7H2,1H3/t9-/m1/s1. The fourth-order valence-electron chi connectivity index (χ4n) is 1.64. The lowest BCUT2D eigenvalue weighted by Crippen LogP contribution is -2.42. The molecule has 0 aromatic heterocycles. The van der Waals surface area contributed by atoms with Crippen LogP contribution in [0.3, 0.4) is 0 Å². The Morgan fingerprint density at radius 1 is 1.69 bits per heavy atom. The van der Waals surface area contributed by atoms with Gasteiger partial charge in [0.1, 0.15) is 5.84 Å². The van der Waals surface area contributed by atoms with Crippen molar-refractivity contribution in [2.24, 2.45) is 4.99 Å². The Morgan fingerprint density at radius 2 is 2.38 bits per heavy atom. The lowest BCUT2D eigenvalue weighted by molar-refractivity contribution is -0.0222. The molecule has 92 valence electrons. The Bertz CT molecular complexity index is 279. The van der Waals surface area contributed by atoms with E-state index in [1.807, 2.05) is 0 Å². The molecule has 0 aromatic rings. The Balaban J connectivity index is 2.76. The topological polar surface area (TPSA) is 56.1 Å². The zero-order chi connectivity index (χ0) is 12.1. The van der Waals surface area contributed by atoms with E-state index in [0.717, 1.165) is 31.6 Å². The van der Waals surface area contributed by atoms with Gasteiger partial charge in [-0.2, -0.15) is 0 Å². The third kappa shape index (κ3) is 3.47. The van der Waals surface area contributed by atoms with Gasteiger partial charge in [0.2, 0.25) is 0 Å². The maximum absolute atomic E-state index is 9.12. The van der Waals surface area contributed by atoms with Crippen LogP contribution in [0.15, 0.2) is 17.3 Å². The number of nitrogens with zero attached hydrogens (tertiary/aromatic N) is 2. The number of aliphatic hydroxyl groups excluding tert-OH is 1. The van der Waals surface area contributed by atoms with Gasteiger partial charge >= 0.3 is 0 Å². The molecular weight excluding hydrogens is 228 g/mol. The van der Waals surface area contributed by atoms with Gasteiger partial charge in [-0.05, 0) is 12.8 Å². The monoisotopic (exact) mass is 246 g/mol. The number of amidine groups is 1. The van der Waals surface area contributed by atoms with Gasteiger partial charge in [-0.25, -0.2) is 0 Å². The Hall–Kier alpha value is -0.580. The molecule has 0 amide bonds. The van der Waals surface area contributed by atoms with Crippen molar-refractivity contribution in [2.75, 3.05) is 13.1 Å². The average molecular weight is 247 g/mol. The lowest BCUT2D eigenvalue weighted by Gasteiger charge is -2.34. The van der Waals surface area contributed by atoms with E-state index in [9.17, 15) is 0 Å². The molecule has 1 atom stereocenters. The second-order valence-electron chi connectivity index (χ2n) is 3.91. The Morgan fingerprint density at radius 3 is 2.94 bits per heavy atom. The first kappa shape index (κ1) is 13.5. The number of rotatable bonds is 4. The van der Waals surface area contributed by atoms with Crippen molar-refractivity contribution in [2.45, 2.75) is 37.9 Å². The summed E-state index contributed by atoms with van der Waals surface area (Å²) in [5, 5.41) is 18.2. The van der Waals surface area contributed by atoms with E-state index in [4.69, 9.17) is 21.8 Å². The third-order valence-corrected chi connectivity index (χ3v) is 2.89. The molecule has 4 nitrogen and oxygen atoms in total. The van der Waals surface area contributed by atoms with Crippen LogP contribution < -0.4 is 0 Å². The molecule has 2 N–H and O–H groups in total. The predicted molar refractivity (Wildman–Crippen MR) is 65.5 cm³/mol. The van der Waals surface area contributed by atoms with E-state index >= 15 is 0 Å². The van der Waals surface area contributed by atoms with Crippen LogP contribution in [-0.2, 0) is 0 Å². The average Bonchev–Trinajstić information content (AvgIpc) is 2.26. The van der Waals surface area contributed by atoms with Crippen LogP contribution in [0, 0.1) is 0 Å². The predicted octanol–water partition coefficient (Wildman–Crippen LogP) is 1.32. The van der Waals surface area contributed by atoms with E-state index in [2.05, 4.69) is 18.5 Å². The van der Waals surface area contributed by atoms with Crippen LogP contribution in [0.5, 0.6) is 0 Å². The minimum Gasteiger partial charge on any atom is -0.363 e. The number of aliphatic hydroxyl groups is 2. The minimum atomic E-state index is -1.55. The summed E-state index contributed by atoms with van der Waals surface area (Å²) in [7, 11) is 0. The van der Waals surface area contributed by atoms with Crippen molar-refractivity contribution < 1.29 is 10.2 Å². The van der Waals surface area contributed by atoms with Crippen LogP contribution in [0.2, 0.25) is 0 Å². The first-order valence-corrected chi connectivity index (χ1v) is 5.99. The highest BCUT2D eigenvalue weighted by Gasteiger charge is 2.26. The van der Waals surface area contributed by atoms with Crippen LogP contribution in [0.4, 0.5) is 0 Å². The maximum atomic E-state index is 9.12. The molecule has 0 unspecified atom stereocenters.